The zero-order valence-electron chi connectivity index (χ0n) is 12.0. The molecule has 2 heteroatoms. The van der Waals surface area contributed by atoms with E-state index in [1.54, 1.807) is 0 Å². The van der Waals surface area contributed by atoms with Gasteiger partial charge in [0.15, 0.2) is 0 Å². The van der Waals surface area contributed by atoms with Gasteiger partial charge in [-0.3, -0.25) is 0 Å². The van der Waals surface area contributed by atoms with Crippen LogP contribution in [0.2, 0.25) is 0 Å². The lowest BCUT2D eigenvalue weighted by molar-refractivity contribution is 0.0727. The van der Waals surface area contributed by atoms with E-state index in [1.807, 2.05) is 48.5 Å². The molecule has 0 amide bonds. The molecule has 2 aromatic rings. The number of hydrogen-bond donors (Lipinski definition) is 1. The van der Waals surface area contributed by atoms with Crippen LogP contribution in [-0.4, -0.2) is 17.8 Å². The molecule has 2 aromatic carbocycles. The largest absolute Gasteiger partial charge is 0.384 e. The maximum absolute atomic E-state index is 8.86. The Morgan fingerprint density at radius 1 is 0.905 bits per heavy atom. The highest BCUT2D eigenvalue weighted by molar-refractivity contribution is 5.16. The number of hydrogen-bond acceptors (Lipinski definition) is 2. The van der Waals surface area contributed by atoms with Crippen LogP contribution in [0.1, 0.15) is 17.5 Å². The van der Waals surface area contributed by atoms with Crippen molar-refractivity contribution in [2.24, 2.45) is 0 Å². The van der Waals surface area contributed by atoms with Gasteiger partial charge in [0.1, 0.15) is 12.7 Å². The second kappa shape index (κ2) is 8.97. The summed E-state index contributed by atoms with van der Waals surface area (Å²) in [5, 5.41) is 8.86. The highest BCUT2D eigenvalue weighted by Crippen LogP contribution is 2.10. The maximum Gasteiger partial charge on any atom is 0.119 e. The van der Waals surface area contributed by atoms with E-state index < -0.39 is 0 Å². The number of aliphatic hydroxyl groups is 1. The predicted molar refractivity (Wildman–Crippen MR) is 84.6 cm³/mol. The molecule has 1 atom stereocenters. The molecule has 0 heterocycles. The van der Waals surface area contributed by atoms with Crippen molar-refractivity contribution in [2.45, 2.75) is 25.6 Å². The Balaban J connectivity index is 1.88. The van der Waals surface area contributed by atoms with Gasteiger partial charge >= 0.3 is 0 Å². The van der Waals surface area contributed by atoms with Crippen LogP contribution in [-0.2, 0) is 17.8 Å². The average molecular weight is 280 g/mol. The van der Waals surface area contributed by atoms with Gasteiger partial charge in [-0.1, -0.05) is 72.5 Å². The van der Waals surface area contributed by atoms with Gasteiger partial charge < -0.3 is 9.84 Å². The Bertz CT molecular complexity index is 523. The Morgan fingerprint density at radius 3 is 2.14 bits per heavy atom. The Morgan fingerprint density at radius 2 is 1.52 bits per heavy atom. The van der Waals surface area contributed by atoms with Crippen LogP contribution in [0.5, 0.6) is 0 Å². The summed E-state index contributed by atoms with van der Waals surface area (Å²) in [7, 11) is 0. The summed E-state index contributed by atoms with van der Waals surface area (Å²) in [4.78, 5) is 0. The summed E-state index contributed by atoms with van der Waals surface area (Å²) in [6.07, 6.45) is 1.59. The van der Waals surface area contributed by atoms with Gasteiger partial charge in [0.25, 0.3) is 0 Å². The fourth-order valence-corrected chi connectivity index (χ4v) is 2.07. The smallest absolute Gasteiger partial charge is 0.119 e. The third kappa shape index (κ3) is 5.83. The number of ether oxygens (including phenoxy) is 1. The SMILES string of the molecule is OCC#CC(CCc1ccccc1)OCc1ccccc1. The van der Waals surface area contributed by atoms with Gasteiger partial charge in [-0.2, -0.15) is 0 Å². The van der Waals surface area contributed by atoms with Gasteiger partial charge in [-0.25, -0.2) is 0 Å². The lowest BCUT2D eigenvalue weighted by Gasteiger charge is -2.12. The zero-order valence-corrected chi connectivity index (χ0v) is 12.0. The van der Waals surface area contributed by atoms with Gasteiger partial charge in [-0.15, -0.1) is 0 Å². The molecule has 0 fully saturated rings. The van der Waals surface area contributed by atoms with Crippen LogP contribution >= 0.6 is 0 Å². The van der Waals surface area contributed by atoms with E-state index >= 15 is 0 Å². The molecule has 1 unspecified atom stereocenters. The maximum atomic E-state index is 8.86. The number of benzene rings is 2. The van der Waals surface area contributed by atoms with Crippen molar-refractivity contribution >= 4 is 0 Å². The van der Waals surface area contributed by atoms with E-state index in [0.29, 0.717) is 6.61 Å². The Labute approximate surface area is 126 Å². The molecule has 0 radical (unpaired) electrons. The minimum atomic E-state index is -0.155. The van der Waals surface area contributed by atoms with Crippen molar-refractivity contribution in [2.75, 3.05) is 6.61 Å². The molecule has 0 aliphatic rings. The van der Waals surface area contributed by atoms with Crippen LogP contribution in [0.15, 0.2) is 60.7 Å². The van der Waals surface area contributed by atoms with Crippen molar-refractivity contribution in [1.82, 2.24) is 0 Å². The fraction of sp³-hybridized carbons (Fsp3) is 0.263. The molecule has 0 saturated carbocycles. The predicted octanol–water partition coefficient (Wildman–Crippen LogP) is 3.20. The first-order chi connectivity index (χ1) is 10.4. The van der Waals surface area contributed by atoms with Gasteiger partial charge in [0.2, 0.25) is 0 Å². The summed E-state index contributed by atoms with van der Waals surface area (Å²) < 4.78 is 5.87. The van der Waals surface area contributed by atoms with Crippen LogP contribution in [0, 0.1) is 11.8 Å². The molecule has 0 saturated heterocycles. The van der Waals surface area contributed by atoms with Crippen LogP contribution in [0.25, 0.3) is 0 Å². The highest BCUT2D eigenvalue weighted by Gasteiger charge is 2.06. The van der Waals surface area contributed by atoms with Gasteiger partial charge in [0, 0.05) is 0 Å². The van der Waals surface area contributed by atoms with E-state index in [0.717, 1.165) is 18.4 Å². The van der Waals surface area contributed by atoms with E-state index in [4.69, 9.17) is 9.84 Å². The summed E-state index contributed by atoms with van der Waals surface area (Å²) >= 11 is 0. The standard InChI is InChI=1S/C19H20O2/c20-15-7-12-19(14-13-17-8-3-1-4-9-17)21-16-18-10-5-2-6-11-18/h1-6,8-11,19-20H,13-16H2. The Hall–Kier alpha value is -2.08. The quantitative estimate of drug-likeness (QED) is 0.823. The normalized spacial score (nSPS) is 11.5. The molecule has 0 spiro atoms. The van der Waals surface area contributed by atoms with Crippen LogP contribution in [0.4, 0.5) is 0 Å². The van der Waals surface area contributed by atoms with E-state index in [1.165, 1.54) is 5.56 Å². The molecule has 21 heavy (non-hydrogen) atoms. The van der Waals surface area contributed by atoms with Crippen molar-refractivity contribution in [3.05, 3.63) is 71.8 Å². The van der Waals surface area contributed by atoms with Crippen molar-refractivity contribution in [3.8, 4) is 11.8 Å². The number of aliphatic hydroxyl groups excluding tert-OH is 1. The first kappa shape index (κ1) is 15.3. The lowest BCUT2D eigenvalue weighted by atomic mass is 10.1. The minimum Gasteiger partial charge on any atom is -0.384 e. The van der Waals surface area contributed by atoms with Crippen molar-refractivity contribution < 1.29 is 9.84 Å². The molecular formula is C19H20O2. The molecule has 0 aliphatic carbocycles. The van der Waals surface area contributed by atoms with E-state index in [-0.39, 0.29) is 12.7 Å². The molecule has 0 aromatic heterocycles. The topological polar surface area (TPSA) is 29.5 Å². The summed E-state index contributed by atoms with van der Waals surface area (Å²) in [5.74, 6) is 5.69. The van der Waals surface area contributed by atoms with E-state index in [9.17, 15) is 0 Å². The molecule has 108 valence electrons. The Kier molecular flexibility index (Phi) is 6.54. The summed E-state index contributed by atoms with van der Waals surface area (Å²) in [6, 6.07) is 20.3. The monoisotopic (exact) mass is 280 g/mol. The first-order valence-electron chi connectivity index (χ1n) is 7.17. The molecule has 0 bridgehead atoms. The first-order valence-corrected chi connectivity index (χ1v) is 7.17. The number of rotatable bonds is 6. The highest BCUT2D eigenvalue weighted by atomic mass is 16.5. The third-order valence-electron chi connectivity index (χ3n) is 3.17. The number of aryl methyl sites for hydroxylation is 1. The molecule has 2 rings (SSSR count). The third-order valence-corrected chi connectivity index (χ3v) is 3.17. The van der Waals surface area contributed by atoms with Gasteiger partial charge in [-0.05, 0) is 24.0 Å². The summed E-state index contributed by atoms with van der Waals surface area (Å²) in [6.45, 7) is 0.414. The molecule has 0 aliphatic heterocycles. The zero-order chi connectivity index (χ0) is 14.8. The van der Waals surface area contributed by atoms with Crippen LogP contribution in [0.3, 0.4) is 0 Å². The molecule has 1 N–H and O–H groups in total. The molecular weight excluding hydrogens is 260 g/mol. The molecule has 2 nitrogen and oxygen atoms in total. The fourth-order valence-electron chi connectivity index (χ4n) is 2.07. The average Bonchev–Trinajstić information content (AvgIpc) is 2.56. The van der Waals surface area contributed by atoms with Crippen molar-refractivity contribution in [1.29, 1.82) is 0 Å². The second-order valence-electron chi connectivity index (χ2n) is 4.79. The second-order valence-corrected chi connectivity index (χ2v) is 4.79. The minimum absolute atomic E-state index is 0.128. The van der Waals surface area contributed by atoms with E-state index in [2.05, 4.69) is 24.0 Å². The van der Waals surface area contributed by atoms with Gasteiger partial charge in [0.05, 0.1) is 6.61 Å². The summed E-state index contributed by atoms with van der Waals surface area (Å²) in [5.41, 5.74) is 2.41. The van der Waals surface area contributed by atoms with Crippen LogP contribution < -0.4 is 0 Å². The lowest BCUT2D eigenvalue weighted by Crippen LogP contribution is -2.12. The van der Waals surface area contributed by atoms with Crippen molar-refractivity contribution in [3.63, 3.8) is 0 Å².